The molecule has 0 aliphatic heterocycles. The van der Waals surface area contributed by atoms with Gasteiger partial charge in [0.25, 0.3) is 0 Å². The van der Waals surface area contributed by atoms with Gasteiger partial charge < -0.3 is 4.74 Å². The number of rotatable bonds is 7. The number of hydrogen-bond donors (Lipinski definition) is 0. The zero-order chi connectivity index (χ0) is 13.4. The van der Waals surface area contributed by atoms with Crippen molar-refractivity contribution in [1.29, 1.82) is 0 Å². The van der Waals surface area contributed by atoms with Crippen molar-refractivity contribution in [3.8, 4) is 0 Å². The van der Waals surface area contributed by atoms with Crippen molar-refractivity contribution >= 4 is 5.97 Å². The third-order valence-corrected chi connectivity index (χ3v) is 2.93. The van der Waals surface area contributed by atoms with Crippen molar-refractivity contribution in [3.05, 3.63) is 35.9 Å². The fourth-order valence-electron chi connectivity index (χ4n) is 2.01. The number of carbonyl (C=O) groups is 1. The van der Waals surface area contributed by atoms with E-state index >= 15 is 0 Å². The average molecular weight is 249 g/mol. The van der Waals surface area contributed by atoms with E-state index in [1.165, 1.54) is 5.56 Å². The van der Waals surface area contributed by atoms with E-state index in [0.717, 1.165) is 19.4 Å². The van der Waals surface area contributed by atoms with E-state index in [9.17, 15) is 4.79 Å². The number of esters is 1. The topological polar surface area (TPSA) is 29.5 Å². The van der Waals surface area contributed by atoms with Crippen molar-refractivity contribution in [2.45, 2.75) is 39.3 Å². The zero-order valence-electron chi connectivity index (χ0n) is 11.6. The first-order valence-corrected chi connectivity index (χ1v) is 6.59. The van der Waals surface area contributed by atoms with E-state index < -0.39 is 0 Å². The van der Waals surface area contributed by atoms with Crippen molar-refractivity contribution in [1.82, 2.24) is 4.90 Å². The minimum Gasteiger partial charge on any atom is -0.465 e. The molecule has 1 aromatic carbocycles. The molecule has 0 bridgehead atoms. The summed E-state index contributed by atoms with van der Waals surface area (Å²) in [6, 6.07) is 10.0. The Morgan fingerprint density at radius 1 is 1.28 bits per heavy atom. The minimum atomic E-state index is -0.143. The Morgan fingerprint density at radius 2 is 1.94 bits per heavy atom. The lowest BCUT2D eigenvalue weighted by Crippen LogP contribution is -2.39. The lowest BCUT2D eigenvalue weighted by molar-refractivity contribution is -0.149. The second-order valence-electron chi connectivity index (χ2n) is 4.46. The van der Waals surface area contributed by atoms with Gasteiger partial charge in [-0.15, -0.1) is 0 Å². The summed E-state index contributed by atoms with van der Waals surface area (Å²) in [6.45, 7) is 5.14. The maximum atomic E-state index is 11.9. The van der Waals surface area contributed by atoms with Gasteiger partial charge in [0.05, 0.1) is 6.61 Å². The van der Waals surface area contributed by atoms with E-state index in [2.05, 4.69) is 24.0 Å². The predicted molar refractivity (Wildman–Crippen MR) is 73.2 cm³/mol. The molecule has 3 heteroatoms. The minimum absolute atomic E-state index is 0.113. The SMILES string of the molecule is CCCC(C(=O)OCC)N(C)Cc1ccccc1. The van der Waals surface area contributed by atoms with E-state index in [1.54, 1.807) is 0 Å². The third kappa shape index (κ3) is 4.49. The summed E-state index contributed by atoms with van der Waals surface area (Å²) in [5, 5.41) is 0. The van der Waals surface area contributed by atoms with Crippen LogP contribution in [0.1, 0.15) is 32.3 Å². The lowest BCUT2D eigenvalue weighted by atomic mass is 10.1. The van der Waals surface area contributed by atoms with Crippen molar-refractivity contribution in [2.75, 3.05) is 13.7 Å². The Hall–Kier alpha value is -1.35. The highest BCUT2D eigenvalue weighted by Crippen LogP contribution is 2.12. The van der Waals surface area contributed by atoms with E-state index in [4.69, 9.17) is 4.74 Å². The van der Waals surface area contributed by atoms with Gasteiger partial charge >= 0.3 is 5.97 Å². The molecule has 18 heavy (non-hydrogen) atoms. The molecule has 100 valence electrons. The molecule has 1 aromatic rings. The summed E-state index contributed by atoms with van der Waals surface area (Å²) in [5.74, 6) is -0.113. The highest BCUT2D eigenvalue weighted by Gasteiger charge is 2.23. The Labute approximate surface area is 110 Å². The molecule has 1 unspecified atom stereocenters. The number of likely N-dealkylation sites (N-methyl/N-ethyl adjacent to an activating group) is 1. The molecule has 0 amide bonds. The summed E-state index contributed by atoms with van der Waals surface area (Å²) in [6.07, 6.45) is 1.81. The van der Waals surface area contributed by atoms with Gasteiger partial charge in [0.1, 0.15) is 6.04 Å². The number of benzene rings is 1. The van der Waals surface area contributed by atoms with Gasteiger partial charge in [-0.25, -0.2) is 0 Å². The van der Waals surface area contributed by atoms with Crippen LogP contribution in [0.4, 0.5) is 0 Å². The smallest absolute Gasteiger partial charge is 0.323 e. The summed E-state index contributed by atoms with van der Waals surface area (Å²) in [4.78, 5) is 14.0. The first-order valence-electron chi connectivity index (χ1n) is 6.59. The van der Waals surface area contributed by atoms with Crippen LogP contribution in [0.2, 0.25) is 0 Å². The molecule has 0 aliphatic rings. The van der Waals surface area contributed by atoms with Crippen LogP contribution in [-0.4, -0.2) is 30.6 Å². The van der Waals surface area contributed by atoms with E-state index in [1.807, 2.05) is 32.2 Å². The molecule has 0 aliphatic carbocycles. The zero-order valence-corrected chi connectivity index (χ0v) is 11.6. The summed E-state index contributed by atoms with van der Waals surface area (Å²) < 4.78 is 5.13. The highest BCUT2D eigenvalue weighted by molar-refractivity contribution is 5.75. The quantitative estimate of drug-likeness (QED) is 0.696. The second-order valence-corrected chi connectivity index (χ2v) is 4.46. The van der Waals surface area contributed by atoms with Gasteiger partial charge in [0.2, 0.25) is 0 Å². The molecule has 0 N–H and O–H groups in total. The third-order valence-electron chi connectivity index (χ3n) is 2.93. The van der Waals surface area contributed by atoms with Crippen molar-refractivity contribution < 1.29 is 9.53 Å². The number of carbonyl (C=O) groups excluding carboxylic acids is 1. The van der Waals surface area contributed by atoms with E-state index in [0.29, 0.717) is 6.61 Å². The molecule has 3 nitrogen and oxygen atoms in total. The molecule has 1 rings (SSSR count). The lowest BCUT2D eigenvalue weighted by Gasteiger charge is -2.26. The van der Waals surface area contributed by atoms with Gasteiger partial charge in [-0.05, 0) is 26.0 Å². The van der Waals surface area contributed by atoms with Crippen LogP contribution in [0.25, 0.3) is 0 Å². The van der Waals surface area contributed by atoms with Crippen LogP contribution in [-0.2, 0) is 16.1 Å². The fraction of sp³-hybridized carbons (Fsp3) is 0.533. The van der Waals surface area contributed by atoms with Crippen LogP contribution in [0.5, 0.6) is 0 Å². The first kappa shape index (κ1) is 14.7. The van der Waals surface area contributed by atoms with Crippen LogP contribution in [0, 0.1) is 0 Å². The number of ether oxygens (including phenoxy) is 1. The van der Waals surface area contributed by atoms with Gasteiger partial charge in [-0.2, -0.15) is 0 Å². The summed E-state index contributed by atoms with van der Waals surface area (Å²) >= 11 is 0. The Balaban J connectivity index is 2.64. The van der Waals surface area contributed by atoms with Gasteiger partial charge in [0.15, 0.2) is 0 Å². The molecule has 0 saturated heterocycles. The normalized spacial score (nSPS) is 12.4. The maximum absolute atomic E-state index is 11.9. The standard InChI is InChI=1S/C15H23NO2/c1-4-9-14(15(17)18-5-2)16(3)12-13-10-7-6-8-11-13/h6-8,10-11,14H,4-5,9,12H2,1-3H3. The van der Waals surface area contributed by atoms with Crippen molar-refractivity contribution in [2.24, 2.45) is 0 Å². The second kappa shape index (κ2) is 7.88. The molecule has 0 saturated carbocycles. The maximum Gasteiger partial charge on any atom is 0.323 e. The summed E-state index contributed by atoms with van der Waals surface area (Å²) in [7, 11) is 1.98. The van der Waals surface area contributed by atoms with E-state index in [-0.39, 0.29) is 12.0 Å². The highest BCUT2D eigenvalue weighted by atomic mass is 16.5. The van der Waals surface area contributed by atoms with Crippen LogP contribution in [0.15, 0.2) is 30.3 Å². The molecule has 0 heterocycles. The van der Waals surface area contributed by atoms with Crippen LogP contribution < -0.4 is 0 Å². The Kier molecular flexibility index (Phi) is 6.44. The Morgan fingerprint density at radius 3 is 2.50 bits per heavy atom. The van der Waals surface area contributed by atoms with Gasteiger partial charge in [-0.3, -0.25) is 9.69 Å². The molecule has 0 radical (unpaired) electrons. The Bertz CT molecular complexity index is 351. The largest absolute Gasteiger partial charge is 0.465 e. The molecular formula is C15H23NO2. The monoisotopic (exact) mass is 249 g/mol. The number of hydrogen-bond acceptors (Lipinski definition) is 3. The molecule has 1 atom stereocenters. The number of nitrogens with zero attached hydrogens (tertiary/aromatic N) is 1. The molecule has 0 spiro atoms. The van der Waals surface area contributed by atoms with Gasteiger partial charge in [-0.1, -0.05) is 43.7 Å². The predicted octanol–water partition coefficient (Wildman–Crippen LogP) is 2.85. The molecule has 0 fully saturated rings. The molecular weight excluding hydrogens is 226 g/mol. The molecule has 0 aromatic heterocycles. The van der Waals surface area contributed by atoms with Gasteiger partial charge in [0, 0.05) is 6.54 Å². The van der Waals surface area contributed by atoms with Crippen molar-refractivity contribution in [3.63, 3.8) is 0 Å². The first-order chi connectivity index (χ1) is 8.69. The van der Waals surface area contributed by atoms with Crippen LogP contribution >= 0.6 is 0 Å². The summed E-state index contributed by atoms with van der Waals surface area (Å²) in [5.41, 5.74) is 1.21. The fourth-order valence-corrected chi connectivity index (χ4v) is 2.01. The van der Waals surface area contributed by atoms with Crippen LogP contribution in [0.3, 0.4) is 0 Å². The average Bonchev–Trinajstić information content (AvgIpc) is 2.37.